The molecule has 2 unspecified atom stereocenters. The standard InChI is InChI=1S/C38H43ClFN3O6/c1-38(2,3)24-43-31-16-15-26(39)20-29(31)35(49-33(37(43)45)21-34(44)42-22-25-10-5-6-13-30(25)40)28-12-7-14-32(36(28)46-4)48-19-9-17-41-23-27-11-8-18-47-27/h5-8,10-16,18,20,33,35,41H,9,17,19,21-24H2,1-4H3,(H,42,44). The van der Waals surface area contributed by atoms with Crippen molar-refractivity contribution in [3.05, 3.63) is 112 Å². The van der Waals surface area contributed by atoms with E-state index in [4.69, 9.17) is 30.2 Å². The molecule has 3 aromatic carbocycles. The van der Waals surface area contributed by atoms with Gasteiger partial charge in [-0.25, -0.2) is 4.39 Å². The summed E-state index contributed by atoms with van der Waals surface area (Å²) in [6, 6.07) is 20.8. The molecule has 0 spiro atoms. The number of nitrogens with one attached hydrogen (secondary N) is 2. The SMILES string of the molecule is COc1c(OCCCNCc2ccco2)cccc1C1OC(CC(=O)NCc2ccccc2F)C(=O)N(CC(C)(C)C)c2ccc(Cl)cc21. The zero-order valence-electron chi connectivity index (χ0n) is 28.3. The number of hydrogen-bond acceptors (Lipinski definition) is 7. The number of anilines is 1. The zero-order chi connectivity index (χ0) is 35.0. The van der Waals surface area contributed by atoms with Crippen LogP contribution in [0.5, 0.6) is 11.5 Å². The van der Waals surface area contributed by atoms with E-state index in [1.54, 1.807) is 54.7 Å². The minimum atomic E-state index is -1.17. The fraction of sp³-hybridized carbons (Fsp3) is 0.368. The number of furan rings is 1. The quantitative estimate of drug-likeness (QED) is 0.135. The van der Waals surface area contributed by atoms with Crippen molar-refractivity contribution >= 4 is 29.1 Å². The molecule has 0 fully saturated rings. The van der Waals surface area contributed by atoms with Gasteiger partial charge in [0.25, 0.3) is 5.91 Å². The highest BCUT2D eigenvalue weighted by atomic mass is 35.5. The summed E-state index contributed by atoms with van der Waals surface area (Å²) in [4.78, 5) is 29.3. The highest BCUT2D eigenvalue weighted by molar-refractivity contribution is 6.30. The number of benzene rings is 3. The maximum absolute atomic E-state index is 14.3. The molecule has 49 heavy (non-hydrogen) atoms. The van der Waals surface area contributed by atoms with Gasteiger partial charge in [-0.15, -0.1) is 0 Å². The number of methoxy groups -OCH3 is 1. The third kappa shape index (κ3) is 9.41. The number of ether oxygens (including phenoxy) is 3. The van der Waals surface area contributed by atoms with Crippen LogP contribution in [-0.4, -0.2) is 44.7 Å². The molecule has 0 aliphatic carbocycles. The van der Waals surface area contributed by atoms with E-state index < -0.39 is 23.9 Å². The maximum atomic E-state index is 14.3. The van der Waals surface area contributed by atoms with E-state index in [0.717, 1.165) is 12.2 Å². The van der Waals surface area contributed by atoms with Crippen LogP contribution in [0.25, 0.3) is 0 Å². The summed E-state index contributed by atoms with van der Waals surface area (Å²) >= 11 is 6.56. The summed E-state index contributed by atoms with van der Waals surface area (Å²) < 4.78 is 38.3. The Hall–Kier alpha value is -4.38. The van der Waals surface area contributed by atoms with Crippen LogP contribution in [0.4, 0.5) is 10.1 Å². The number of para-hydroxylation sites is 1. The van der Waals surface area contributed by atoms with Crippen molar-refractivity contribution in [2.45, 2.75) is 58.9 Å². The summed E-state index contributed by atoms with van der Waals surface area (Å²) in [5, 5.41) is 6.54. The lowest BCUT2D eigenvalue weighted by molar-refractivity contribution is -0.138. The Morgan fingerprint density at radius 2 is 1.84 bits per heavy atom. The molecule has 9 nitrogen and oxygen atoms in total. The van der Waals surface area contributed by atoms with Crippen molar-refractivity contribution < 1.29 is 32.6 Å². The molecule has 2 heterocycles. The fourth-order valence-electron chi connectivity index (χ4n) is 5.73. The summed E-state index contributed by atoms with van der Waals surface area (Å²) in [5.41, 5.74) is 1.94. The monoisotopic (exact) mass is 691 g/mol. The van der Waals surface area contributed by atoms with Crippen LogP contribution in [0.1, 0.15) is 62.2 Å². The molecule has 0 bridgehead atoms. The first-order valence-corrected chi connectivity index (χ1v) is 16.7. The Kier molecular flexibility index (Phi) is 12.0. The van der Waals surface area contributed by atoms with Gasteiger partial charge in [-0.1, -0.05) is 62.7 Å². The Labute approximate surface area is 291 Å². The number of carbonyl (C=O) groups excluding carboxylic acids is 2. The first kappa shape index (κ1) is 35.9. The molecule has 5 rings (SSSR count). The summed E-state index contributed by atoms with van der Waals surface area (Å²) in [5.74, 6) is 0.577. The van der Waals surface area contributed by atoms with E-state index in [9.17, 15) is 14.0 Å². The molecular weight excluding hydrogens is 649 g/mol. The molecule has 0 radical (unpaired) electrons. The van der Waals surface area contributed by atoms with Gasteiger partial charge in [-0.2, -0.15) is 0 Å². The van der Waals surface area contributed by atoms with E-state index in [2.05, 4.69) is 10.6 Å². The maximum Gasteiger partial charge on any atom is 0.256 e. The number of rotatable bonds is 14. The number of nitrogens with zero attached hydrogens (tertiary/aromatic N) is 1. The number of hydrogen-bond donors (Lipinski definition) is 2. The van der Waals surface area contributed by atoms with Gasteiger partial charge in [0.2, 0.25) is 5.91 Å². The number of fused-ring (bicyclic) bond motifs is 1. The minimum absolute atomic E-state index is 0.0248. The van der Waals surface area contributed by atoms with Crippen LogP contribution in [0.3, 0.4) is 0 Å². The topological polar surface area (TPSA) is 102 Å². The molecule has 0 saturated heterocycles. The fourth-order valence-corrected chi connectivity index (χ4v) is 5.92. The van der Waals surface area contributed by atoms with Gasteiger partial charge in [0.1, 0.15) is 23.8 Å². The second kappa shape index (κ2) is 16.3. The van der Waals surface area contributed by atoms with Gasteiger partial charge in [0, 0.05) is 40.5 Å². The molecule has 260 valence electrons. The Morgan fingerprint density at radius 1 is 1.02 bits per heavy atom. The lowest BCUT2D eigenvalue weighted by Gasteiger charge is -2.31. The summed E-state index contributed by atoms with van der Waals surface area (Å²) in [6.07, 6.45) is 0.0734. The minimum Gasteiger partial charge on any atom is -0.492 e. The predicted molar refractivity (Wildman–Crippen MR) is 186 cm³/mol. The van der Waals surface area contributed by atoms with E-state index in [1.165, 1.54) is 6.07 Å². The molecule has 2 atom stereocenters. The van der Waals surface area contributed by atoms with Crippen molar-refractivity contribution in [3.63, 3.8) is 0 Å². The molecule has 1 aliphatic heterocycles. The molecule has 1 aromatic heterocycles. The van der Waals surface area contributed by atoms with Gasteiger partial charge >= 0.3 is 0 Å². The molecule has 4 aromatic rings. The highest BCUT2D eigenvalue weighted by Gasteiger charge is 2.40. The van der Waals surface area contributed by atoms with E-state index in [1.807, 2.05) is 51.1 Å². The van der Waals surface area contributed by atoms with Gasteiger partial charge in [-0.05, 0) is 60.8 Å². The van der Waals surface area contributed by atoms with Crippen LogP contribution in [0.15, 0.2) is 83.5 Å². The lowest BCUT2D eigenvalue weighted by atomic mass is 9.94. The normalized spacial score (nSPS) is 16.2. The van der Waals surface area contributed by atoms with E-state index in [-0.39, 0.29) is 24.3 Å². The summed E-state index contributed by atoms with van der Waals surface area (Å²) in [7, 11) is 1.55. The first-order chi connectivity index (χ1) is 23.5. The smallest absolute Gasteiger partial charge is 0.256 e. The van der Waals surface area contributed by atoms with Gasteiger partial charge in [-0.3, -0.25) is 9.59 Å². The van der Waals surface area contributed by atoms with Crippen molar-refractivity contribution in [2.24, 2.45) is 5.41 Å². The van der Waals surface area contributed by atoms with Crippen LogP contribution in [0, 0.1) is 11.2 Å². The second-order valence-electron chi connectivity index (χ2n) is 13.1. The Balaban J connectivity index is 1.42. The zero-order valence-corrected chi connectivity index (χ0v) is 29.0. The molecule has 0 saturated carbocycles. The third-order valence-electron chi connectivity index (χ3n) is 7.97. The Bertz CT molecular complexity index is 1720. The van der Waals surface area contributed by atoms with Crippen LogP contribution in [-0.2, 0) is 27.4 Å². The number of amides is 2. The van der Waals surface area contributed by atoms with Crippen molar-refractivity contribution in [1.29, 1.82) is 0 Å². The van der Waals surface area contributed by atoms with E-state index >= 15 is 0 Å². The molecule has 1 aliphatic rings. The number of halogens is 2. The van der Waals surface area contributed by atoms with Crippen molar-refractivity contribution in [2.75, 3.05) is 31.7 Å². The first-order valence-electron chi connectivity index (χ1n) is 16.3. The third-order valence-corrected chi connectivity index (χ3v) is 8.21. The van der Waals surface area contributed by atoms with Crippen LogP contribution in [0.2, 0.25) is 5.02 Å². The van der Waals surface area contributed by atoms with Gasteiger partial charge in [0.15, 0.2) is 11.5 Å². The van der Waals surface area contributed by atoms with Crippen LogP contribution < -0.4 is 25.0 Å². The number of carbonyl (C=O) groups is 2. The molecule has 2 amide bonds. The molecular formula is C38H43ClFN3O6. The van der Waals surface area contributed by atoms with Gasteiger partial charge in [0.05, 0.1) is 32.9 Å². The molecule has 11 heteroatoms. The van der Waals surface area contributed by atoms with Crippen molar-refractivity contribution in [1.82, 2.24) is 10.6 Å². The lowest BCUT2D eigenvalue weighted by Crippen LogP contribution is -2.45. The Morgan fingerprint density at radius 3 is 2.57 bits per heavy atom. The summed E-state index contributed by atoms with van der Waals surface area (Å²) in [6.45, 7) is 8.19. The van der Waals surface area contributed by atoms with Gasteiger partial charge < -0.3 is 34.2 Å². The average molecular weight is 692 g/mol. The second-order valence-corrected chi connectivity index (χ2v) is 13.5. The van der Waals surface area contributed by atoms with Crippen molar-refractivity contribution in [3.8, 4) is 11.5 Å². The van der Waals surface area contributed by atoms with E-state index in [0.29, 0.717) is 65.1 Å². The average Bonchev–Trinajstić information content (AvgIpc) is 3.56. The highest BCUT2D eigenvalue weighted by Crippen LogP contribution is 2.45. The molecule has 2 N–H and O–H groups in total. The van der Waals surface area contributed by atoms with Crippen LogP contribution >= 0.6 is 11.6 Å². The largest absolute Gasteiger partial charge is 0.492 e. The predicted octanol–water partition coefficient (Wildman–Crippen LogP) is 7.21.